The number of benzene rings is 2. The van der Waals surface area contributed by atoms with E-state index in [1.54, 1.807) is 26.0 Å². The van der Waals surface area contributed by atoms with Crippen molar-refractivity contribution in [1.82, 2.24) is 4.90 Å². The second-order valence-corrected chi connectivity index (χ2v) is 9.38. The maximum Gasteiger partial charge on any atom is 0.416 e. The molecule has 0 aliphatic carbocycles. The van der Waals surface area contributed by atoms with Crippen molar-refractivity contribution in [3.8, 4) is 11.5 Å². The maximum absolute atomic E-state index is 13.4. The van der Waals surface area contributed by atoms with Crippen LogP contribution >= 0.6 is 0 Å². The van der Waals surface area contributed by atoms with Crippen LogP contribution in [0.3, 0.4) is 0 Å². The van der Waals surface area contributed by atoms with Crippen molar-refractivity contribution < 1.29 is 54.9 Å². The molecule has 2 unspecified atom stereocenters. The fourth-order valence-electron chi connectivity index (χ4n) is 4.88. The topological polar surface area (TPSA) is 77.5 Å². The summed E-state index contributed by atoms with van der Waals surface area (Å²) in [5.41, 5.74) is -2.45. The van der Waals surface area contributed by atoms with E-state index in [9.17, 15) is 35.9 Å². The SMILES string of the molecule is CCOC(=O)N1c2cc(OC)c(OC)cc2C(CN(Cc2cc(C(F)(F)F)cc(C(F)(F)F)c2)C(=O)OC)CC1C. The lowest BCUT2D eigenvalue weighted by molar-refractivity contribution is -0.143. The van der Waals surface area contributed by atoms with Crippen LogP contribution in [0.2, 0.25) is 0 Å². The Morgan fingerprint density at radius 1 is 0.927 bits per heavy atom. The quantitative estimate of drug-likeness (QED) is 0.328. The minimum Gasteiger partial charge on any atom is -0.493 e. The van der Waals surface area contributed by atoms with Gasteiger partial charge in [-0.05, 0) is 55.7 Å². The number of carbonyl (C=O) groups is 2. The number of halogens is 6. The van der Waals surface area contributed by atoms with Crippen LogP contribution in [0.5, 0.6) is 11.5 Å². The van der Waals surface area contributed by atoms with Crippen LogP contribution in [0.1, 0.15) is 48.4 Å². The third-order valence-electron chi connectivity index (χ3n) is 6.66. The summed E-state index contributed by atoms with van der Waals surface area (Å²) in [6, 6.07) is 3.87. The number of fused-ring (bicyclic) bond motifs is 1. The Bertz CT molecular complexity index is 1230. The third kappa shape index (κ3) is 7.09. The van der Waals surface area contributed by atoms with Crippen molar-refractivity contribution in [3.63, 3.8) is 0 Å². The minimum absolute atomic E-state index is 0.0225. The van der Waals surface area contributed by atoms with Gasteiger partial charge in [0.2, 0.25) is 0 Å². The van der Waals surface area contributed by atoms with E-state index < -0.39 is 54.2 Å². The van der Waals surface area contributed by atoms with E-state index >= 15 is 0 Å². The predicted molar refractivity (Wildman–Crippen MR) is 135 cm³/mol. The Balaban J connectivity index is 2.08. The molecule has 0 saturated heterocycles. The Kier molecular flexibility index (Phi) is 9.54. The van der Waals surface area contributed by atoms with E-state index in [2.05, 4.69) is 0 Å². The van der Waals surface area contributed by atoms with Crippen molar-refractivity contribution in [2.24, 2.45) is 0 Å². The molecule has 0 fully saturated rings. The molecule has 0 aromatic heterocycles. The van der Waals surface area contributed by atoms with Gasteiger partial charge in [-0.1, -0.05) is 0 Å². The number of methoxy groups -OCH3 is 3. The first kappa shape index (κ1) is 31.7. The molecule has 3 rings (SSSR count). The van der Waals surface area contributed by atoms with Gasteiger partial charge in [0, 0.05) is 31.1 Å². The molecule has 2 aromatic carbocycles. The molecule has 41 heavy (non-hydrogen) atoms. The molecule has 1 aliphatic rings. The Morgan fingerprint density at radius 2 is 1.49 bits per heavy atom. The lowest BCUT2D eigenvalue weighted by atomic mass is 9.85. The Morgan fingerprint density at radius 3 is 1.98 bits per heavy atom. The predicted octanol–water partition coefficient (Wildman–Crippen LogP) is 6.85. The molecule has 0 saturated carbocycles. The molecule has 2 atom stereocenters. The summed E-state index contributed by atoms with van der Waals surface area (Å²) in [5, 5.41) is 0. The molecular formula is C27H30F6N2O6. The van der Waals surface area contributed by atoms with Crippen molar-refractivity contribution in [3.05, 3.63) is 52.6 Å². The van der Waals surface area contributed by atoms with E-state index in [0.717, 1.165) is 12.0 Å². The average molecular weight is 593 g/mol. The lowest BCUT2D eigenvalue weighted by Gasteiger charge is -2.40. The fraction of sp³-hybridized carbons (Fsp3) is 0.481. The summed E-state index contributed by atoms with van der Waals surface area (Å²) in [5.74, 6) is 0.0891. The van der Waals surface area contributed by atoms with E-state index in [4.69, 9.17) is 18.9 Å². The Hall–Kier alpha value is -3.84. The normalized spacial score (nSPS) is 17.0. The highest BCUT2D eigenvalue weighted by atomic mass is 19.4. The van der Waals surface area contributed by atoms with Crippen molar-refractivity contribution in [2.75, 3.05) is 39.4 Å². The molecule has 8 nitrogen and oxygen atoms in total. The molecule has 226 valence electrons. The summed E-state index contributed by atoms with van der Waals surface area (Å²) in [4.78, 5) is 28.0. The van der Waals surface area contributed by atoms with Crippen LogP contribution in [0, 0.1) is 0 Å². The highest BCUT2D eigenvalue weighted by Gasteiger charge is 2.39. The average Bonchev–Trinajstić information content (AvgIpc) is 2.90. The molecule has 0 bridgehead atoms. The van der Waals surface area contributed by atoms with Gasteiger partial charge in [-0.2, -0.15) is 26.3 Å². The molecule has 2 aromatic rings. The zero-order valence-corrected chi connectivity index (χ0v) is 23.0. The van der Waals surface area contributed by atoms with Crippen LogP contribution in [0.15, 0.2) is 30.3 Å². The number of ether oxygens (including phenoxy) is 4. The van der Waals surface area contributed by atoms with Crippen LogP contribution in [-0.2, 0) is 28.4 Å². The summed E-state index contributed by atoms with van der Waals surface area (Å²) >= 11 is 0. The number of alkyl halides is 6. The van der Waals surface area contributed by atoms with Gasteiger partial charge in [0.25, 0.3) is 0 Å². The van der Waals surface area contributed by atoms with Gasteiger partial charge in [-0.15, -0.1) is 0 Å². The third-order valence-corrected chi connectivity index (χ3v) is 6.66. The summed E-state index contributed by atoms with van der Waals surface area (Å²) in [7, 11) is 3.86. The highest BCUT2D eigenvalue weighted by Crippen LogP contribution is 2.45. The van der Waals surface area contributed by atoms with Crippen molar-refractivity contribution in [2.45, 2.75) is 51.1 Å². The molecule has 0 radical (unpaired) electrons. The largest absolute Gasteiger partial charge is 0.493 e. The van der Waals surface area contributed by atoms with Gasteiger partial charge in [-0.3, -0.25) is 4.90 Å². The number of amides is 2. The van der Waals surface area contributed by atoms with Gasteiger partial charge < -0.3 is 23.8 Å². The first-order valence-corrected chi connectivity index (χ1v) is 12.5. The fourth-order valence-corrected chi connectivity index (χ4v) is 4.88. The smallest absolute Gasteiger partial charge is 0.416 e. The number of hydrogen-bond acceptors (Lipinski definition) is 6. The van der Waals surface area contributed by atoms with Crippen LogP contribution in [0.25, 0.3) is 0 Å². The lowest BCUT2D eigenvalue weighted by Crippen LogP contribution is -2.46. The zero-order valence-electron chi connectivity index (χ0n) is 23.0. The van der Waals surface area contributed by atoms with Gasteiger partial charge in [0.15, 0.2) is 11.5 Å². The zero-order chi connectivity index (χ0) is 30.7. The van der Waals surface area contributed by atoms with Crippen molar-refractivity contribution >= 4 is 17.9 Å². The molecule has 14 heteroatoms. The molecule has 1 aliphatic heterocycles. The number of hydrogen-bond donors (Lipinski definition) is 0. The van der Waals surface area contributed by atoms with Crippen molar-refractivity contribution in [1.29, 1.82) is 0 Å². The molecular weight excluding hydrogens is 562 g/mol. The summed E-state index contributed by atoms with van der Waals surface area (Å²) < 4.78 is 101. The molecule has 0 N–H and O–H groups in total. The summed E-state index contributed by atoms with van der Waals surface area (Å²) in [6.07, 6.45) is -11.4. The molecule has 1 heterocycles. The van der Waals surface area contributed by atoms with Crippen LogP contribution < -0.4 is 14.4 Å². The van der Waals surface area contributed by atoms with E-state index in [-0.39, 0.29) is 31.2 Å². The first-order valence-electron chi connectivity index (χ1n) is 12.5. The second-order valence-electron chi connectivity index (χ2n) is 9.38. The monoisotopic (exact) mass is 592 g/mol. The Labute approximate surface area is 232 Å². The highest BCUT2D eigenvalue weighted by molar-refractivity contribution is 5.91. The van der Waals surface area contributed by atoms with E-state index in [1.165, 1.54) is 19.1 Å². The van der Waals surface area contributed by atoms with Gasteiger partial charge >= 0.3 is 24.5 Å². The standard InChI is InChI=1S/C27H30F6N2O6/c1-6-41-25(37)35-15(2)7-17(20-11-22(38-3)23(39-4)12-21(20)35)14-34(24(36)40-5)13-16-8-18(26(28,29)30)10-19(9-16)27(31,32)33/h8-12,15,17H,6-7,13-14H2,1-5H3. The van der Waals surface area contributed by atoms with Gasteiger partial charge in [-0.25, -0.2) is 9.59 Å². The number of rotatable bonds is 7. The van der Waals surface area contributed by atoms with Gasteiger partial charge in [0.05, 0.1) is 44.8 Å². The second kappa shape index (κ2) is 12.4. The minimum atomic E-state index is -5.05. The van der Waals surface area contributed by atoms with E-state index in [0.29, 0.717) is 34.9 Å². The number of carbonyl (C=O) groups excluding carboxylic acids is 2. The first-order chi connectivity index (χ1) is 19.1. The molecule has 2 amide bonds. The van der Waals surface area contributed by atoms with Gasteiger partial charge in [0.1, 0.15) is 0 Å². The van der Waals surface area contributed by atoms with Crippen LogP contribution in [0.4, 0.5) is 41.6 Å². The summed E-state index contributed by atoms with van der Waals surface area (Å²) in [6.45, 7) is 2.75. The number of nitrogens with zero attached hydrogens (tertiary/aromatic N) is 2. The van der Waals surface area contributed by atoms with E-state index in [1.807, 2.05) is 0 Å². The number of anilines is 1. The van der Waals surface area contributed by atoms with Crippen LogP contribution in [-0.4, -0.2) is 57.6 Å². The molecule has 0 spiro atoms. The maximum atomic E-state index is 13.4.